The predicted octanol–water partition coefficient (Wildman–Crippen LogP) is 5.52. The Kier molecular flexibility index (Phi) is 11.5. The first-order chi connectivity index (χ1) is 24.1. The summed E-state index contributed by atoms with van der Waals surface area (Å²) >= 11 is 6.71. The number of pyridine rings is 1. The van der Waals surface area contributed by atoms with Crippen LogP contribution in [0.25, 0.3) is 22.6 Å². The van der Waals surface area contributed by atoms with Gasteiger partial charge >= 0.3 is 5.97 Å². The molecule has 0 aliphatic carbocycles. The number of hydrogen-bond acceptors (Lipinski definition) is 11. The smallest absolute Gasteiger partial charge is 0.326 e. The van der Waals surface area contributed by atoms with Gasteiger partial charge in [0.05, 0.1) is 17.2 Å². The zero-order valence-corrected chi connectivity index (χ0v) is 28.6. The quantitative estimate of drug-likeness (QED) is 0.107. The number of aromatic nitrogens is 3. The molecule has 50 heavy (non-hydrogen) atoms. The van der Waals surface area contributed by atoms with Crippen LogP contribution in [0.2, 0.25) is 5.02 Å². The monoisotopic (exact) mass is 696 g/mol. The Labute approximate surface area is 294 Å². The maximum atomic E-state index is 11.8. The zero-order chi connectivity index (χ0) is 35.8. The van der Waals surface area contributed by atoms with Crippen LogP contribution in [-0.4, -0.2) is 50.1 Å². The molecule has 5 aromatic rings. The fourth-order valence-corrected chi connectivity index (χ4v) is 5.51. The molecule has 0 bridgehead atoms. The van der Waals surface area contributed by atoms with Crippen LogP contribution in [-0.2, 0) is 31.0 Å². The molecule has 1 atom stereocenters. The summed E-state index contributed by atoms with van der Waals surface area (Å²) < 4.78 is 18.3. The van der Waals surface area contributed by atoms with Gasteiger partial charge in [0.25, 0.3) is 0 Å². The molecule has 3 aromatic carbocycles. The molecule has 0 aliphatic rings. The van der Waals surface area contributed by atoms with Crippen molar-refractivity contribution in [3.63, 3.8) is 0 Å². The summed E-state index contributed by atoms with van der Waals surface area (Å²) in [5, 5.41) is 40.1. The van der Waals surface area contributed by atoms with Crippen LogP contribution in [0, 0.1) is 25.2 Å². The van der Waals surface area contributed by atoms with Crippen LogP contribution in [0.1, 0.15) is 46.2 Å². The van der Waals surface area contributed by atoms with Gasteiger partial charge in [0.15, 0.2) is 0 Å². The highest BCUT2D eigenvalue weighted by atomic mass is 35.5. The Morgan fingerprint density at radius 3 is 2.44 bits per heavy atom. The van der Waals surface area contributed by atoms with Gasteiger partial charge in [-0.25, -0.2) is 0 Å². The molecule has 258 valence electrons. The summed E-state index contributed by atoms with van der Waals surface area (Å²) in [7, 11) is 0. The van der Waals surface area contributed by atoms with Crippen LogP contribution in [0.3, 0.4) is 0 Å². The van der Waals surface area contributed by atoms with E-state index in [0.717, 1.165) is 33.4 Å². The van der Waals surface area contributed by atoms with Crippen LogP contribution in [0.5, 0.6) is 11.5 Å². The number of nitrogens with two attached hydrogens (primary N) is 1. The standard InChI is InChI=1S/C37H37ClN6O6/c1-22-26(6-4-7-28(22)29-8-5-9-30(23(29)2)35-44-43-34(50-35)10-11-39)20-49-33-14-32(48-19-25-12-24(15-40)16-41-17-25)27(13-31(33)38)18-42-37(3,21-45)36(46)47/h4-9,12-14,16-17,42,45H,10-11,18-21,39H2,1-3H3,(H,46,47). The number of carbonyl (C=O) groups is 1. The lowest BCUT2D eigenvalue weighted by Crippen LogP contribution is -2.52. The molecule has 0 fully saturated rings. The normalized spacial score (nSPS) is 12.3. The average molecular weight is 697 g/mol. The molecule has 2 aromatic heterocycles. The molecule has 0 saturated carbocycles. The van der Waals surface area contributed by atoms with E-state index in [9.17, 15) is 20.3 Å². The number of rotatable bonds is 15. The average Bonchev–Trinajstić information content (AvgIpc) is 3.58. The molecule has 1 unspecified atom stereocenters. The summed E-state index contributed by atoms with van der Waals surface area (Å²) in [6.07, 6.45) is 3.55. The van der Waals surface area contributed by atoms with Gasteiger partial charge in [0, 0.05) is 54.7 Å². The Morgan fingerprint density at radius 2 is 1.72 bits per heavy atom. The number of hydrogen-bond donors (Lipinski definition) is 4. The van der Waals surface area contributed by atoms with E-state index in [-0.39, 0.29) is 24.8 Å². The van der Waals surface area contributed by atoms with E-state index < -0.39 is 18.1 Å². The lowest BCUT2D eigenvalue weighted by Gasteiger charge is -2.25. The Bertz CT molecular complexity index is 2040. The highest BCUT2D eigenvalue weighted by molar-refractivity contribution is 6.32. The lowest BCUT2D eigenvalue weighted by atomic mass is 9.91. The number of aliphatic carboxylic acids is 1. The highest BCUT2D eigenvalue weighted by Crippen LogP contribution is 2.37. The molecule has 13 heteroatoms. The van der Waals surface area contributed by atoms with Crippen molar-refractivity contribution in [2.24, 2.45) is 5.73 Å². The van der Waals surface area contributed by atoms with E-state index in [1.807, 2.05) is 50.2 Å². The van der Waals surface area contributed by atoms with Crippen molar-refractivity contribution in [1.29, 1.82) is 5.26 Å². The molecular formula is C37H37ClN6O6. The first-order valence-electron chi connectivity index (χ1n) is 15.8. The van der Waals surface area contributed by atoms with Crippen molar-refractivity contribution in [3.05, 3.63) is 111 Å². The number of aliphatic hydroxyl groups excluding tert-OH is 1. The van der Waals surface area contributed by atoms with Gasteiger partial charge in [-0.3, -0.25) is 15.1 Å². The van der Waals surface area contributed by atoms with Crippen molar-refractivity contribution in [2.45, 2.75) is 52.5 Å². The molecule has 0 saturated heterocycles. The van der Waals surface area contributed by atoms with E-state index in [2.05, 4.69) is 26.6 Å². The van der Waals surface area contributed by atoms with E-state index in [4.69, 9.17) is 31.2 Å². The molecule has 0 radical (unpaired) electrons. The third-order valence-electron chi connectivity index (χ3n) is 8.40. The molecule has 0 spiro atoms. The second kappa shape index (κ2) is 15.9. The van der Waals surface area contributed by atoms with Crippen molar-refractivity contribution in [2.75, 3.05) is 13.2 Å². The summed E-state index contributed by atoms with van der Waals surface area (Å²) in [6.45, 7) is 5.50. The van der Waals surface area contributed by atoms with Gasteiger partial charge in [-0.15, -0.1) is 10.2 Å². The topological polar surface area (TPSA) is 190 Å². The van der Waals surface area contributed by atoms with Crippen molar-refractivity contribution < 1.29 is 28.9 Å². The van der Waals surface area contributed by atoms with Crippen molar-refractivity contribution in [1.82, 2.24) is 20.5 Å². The predicted molar refractivity (Wildman–Crippen MR) is 186 cm³/mol. The molecule has 12 nitrogen and oxygen atoms in total. The van der Waals surface area contributed by atoms with Crippen LogP contribution in [0.4, 0.5) is 0 Å². The van der Waals surface area contributed by atoms with Crippen molar-refractivity contribution >= 4 is 17.6 Å². The third kappa shape index (κ3) is 8.10. The van der Waals surface area contributed by atoms with Gasteiger partial charge in [-0.05, 0) is 66.8 Å². The number of nitriles is 1. The van der Waals surface area contributed by atoms with Gasteiger partial charge in [0.1, 0.15) is 36.3 Å². The molecule has 5 rings (SSSR count). The molecular weight excluding hydrogens is 660 g/mol. The third-order valence-corrected chi connectivity index (χ3v) is 8.69. The number of benzene rings is 3. The second-order valence-corrected chi connectivity index (χ2v) is 12.3. The summed E-state index contributed by atoms with van der Waals surface area (Å²) in [4.78, 5) is 15.9. The number of halogens is 1. The van der Waals surface area contributed by atoms with E-state index in [1.165, 1.54) is 13.1 Å². The maximum absolute atomic E-state index is 11.8. The number of carboxylic acids is 1. The number of nitrogens with one attached hydrogen (secondary N) is 1. The zero-order valence-electron chi connectivity index (χ0n) is 27.9. The minimum Gasteiger partial charge on any atom is -0.488 e. The van der Waals surface area contributed by atoms with Gasteiger partial charge in [0.2, 0.25) is 11.8 Å². The van der Waals surface area contributed by atoms with Crippen molar-refractivity contribution in [3.8, 4) is 40.1 Å². The Morgan fingerprint density at radius 1 is 1.00 bits per heavy atom. The number of ether oxygens (including phenoxy) is 2. The molecule has 2 heterocycles. The lowest BCUT2D eigenvalue weighted by molar-refractivity contribution is -0.145. The van der Waals surface area contributed by atoms with E-state index in [1.54, 1.807) is 24.4 Å². The first-order valence-corrected chi connectivity index (χ1v) is 16.2. The Hall–Kier alpha value is -5.32. The summed E-state index contributed by atoms with van der Waals surface area (Å²) in [6, 6.07) is 19.0. The Balaban J connectivity index is 1.41. The number of nitrogens with zero attached hydrogens (tertiary/aromatic N) is 4. The van der Waals surface area contributed by atoms with Crippen LogP contribution >= 0.6 is 11.6 Å². The van der Waals surface area contributed by atoms with Crippen LogP contribution < -0.4 is 20.5 Å². The summed E-state index contributed by atoms with van der Waals surface area (Å²) in [5.74, 6) is 0.449. The van der Waals surface area contributed by atoms with Crippen LogP contribution in [0.15, 0.2) is 71.4 Å². The fourth-order valence-electron chi connectivity index (χ4n) is 5.27. The molecule has 0 amide bonds. The van der Waals surface area contributed by atoms with E-state index in [0.29, 0.717) is 52.9 Å². The first kappa shape index (κ1) is 36.0. The molecule has 0 aliphatic heterocycles. The molecule has 5 N–H and O–H groups in total. The highest BCUT2D eigenvalue weighted by Gasteiger charge is 2.32. The minimum atomic E-state index is -1.59. The summed E-state index contributed by atoms with van der Waals surface area (Å²) in [5.41, 5.74) is 11.4. The largest absolute Gasteiger partial charge is 0.488 e. The van der Waals surface area contributed by atoms with Gasteiger partial charge < -0.3 is 29.8 Å². The minimum absolute atomic E-state index is 0.0205. The maximum Gasteiger partial charge on any atom is 0.326 e. The van der Waals surface area contributed by atoms with Gasteiger partial charge in [-0.2, -0.15) is 5.26 Å². The number of aliphatic hydroxyl groups is 1. The fraction of sp³-hybridized carbons (Fsp3) is 0.270. The van der Waals surface area contributed by atoms with Gasteiger partial charge in [-0.1, -0.05) is 41.9 Å². The number of carboxylic acid groups (broad SMARTS) is 1. The second-order valence-electron chi connectivity index (χ2n) is 11.9. The van der Waals surface area contributed by atoms with E-state index >= 15 is 0 Å². The SMILES string of the molecule is Cc1c(COc2cc(OCc3cncc(C#N)c3)c(CNC(C)(CO)C(=O)O)cc2Cl)cccc1-c1cccc(-c2nnc(CCN)o2)c1C.